The van der Waals surface area contributed by atoms with Crippen LogP contribution in [0.15, 0.2) is 79.9 Å². The Labute approximate surface area is 310 Å². The summed E-state index contributed by atoms with van der Waals surface area (Å²) in [6.07, 6.45) is 6.09. The number of nitrogens with zero attached hydrogens (tertiary/aromatic N) is 2. The first kappa shape index (κ1) is 39.2. The smallest absolute Gasteiger partial charge is 0.313 e. The molecule has 3 aliphatic rings. The maximum atomic E-state index is 14.8. The summed E-state index contributed by atoms with van der Waals surface area (Å²) in [5.41, 5.74) is 0.00378. The Balaban J connectivity index is 1.48. The molecule has 2 aromatic carbocycles. The number of amides is 3. The summed E-state index contributed by atoms with van der Waals surface area (Å²) in [6.45, 7) is 8.18. The zero-order chi connectivity index (χ0) is 37.3. The minimum Gasteiger partial charge on any atom is -0.455 e. The van der Waals surface area contributed by atoms with Crippen LogP contribution >= 0.6 is 11.6 Å². The number of halogens is 1. The average Bonchev–Trinajstić information content (AvgIpc) is 3.79. The van der Waals surface area contributed by atoms with Crippen molar-refractivity contribution in [3.05, 3.63) is 90.5 Å². The van der Waals surface area contributed by atoms with Crippen LogP contribution in [0.2, 0.25) is 5.02 Å². The number of rotatable bonds is 20. The van der Waals surface area contributed by atoms with Gasteiger partial charge in [-0.2, -0.15) is 0 Å². The topological polar surface area (TPSA) is 135 Å². The van der Waals surface area contributed by atoms with Gasteiger partial charge >= 0.3 is 5.97 Å². The van der Waals surface area contributed by atoms with Crippen molar-refractivity contribution in [2.75, 3.05) is 38.3 Å². The van der Waals surface area contributed by atoms with Gasteiger partial charge in [-0.15, -0.1) is 13.2 Å². The molecule has 1 spiro atoms. The summed E-state index contributed by atoms with van der Waals surface area (Å²) in [5, 5.41) is 12.8. The number of hydrogen-bond donors (Lipinski definition) is 2. The second kappa shape index (κ2) is 18.1. The monoisotopic (exact) mass is 735 g/mol. The van der Waals surface area contributed by atoms with Crippen LogP contribution in [-0.2, 0) is 33.4 Å². The number of ether oxygens (including phenoxy) is 3. The first-order chi connectivity index (χ1) is 25.2. The fraction of sp³-hybridized carbons (Fsp3) is 0.500. The number of carbonyl (C=O) groups is 4. The summed E-state index contributed by atoms with van der Waals surface area (Å²) < 4.78 is 18.5. The fourth-order valence-corrected chi connectivity index (χ4v) is 8.16. The minimum atomic E-state index is -1.24. The van der Waals surface area contributed by atoms with Gasteiger partial charge in [-0.3, -0.25) is 19.2 Å². The highest BCUT2D eigenvalue weighted by Crippen LogP contribution is 2.59. The Morgan fingerprint density at radius 3 is 2.50 bits per heavy atom. The molecular formula is C40H50ClN3O8. The van der Waals surface area contributed by atoms with Crippen molar-refractivity contribution in [2.45, 2.75) is 81.3 Å². The number of esters is 1. The van der Waals surface area contributed by atoms with E-state index >= 15 is 0 Å². The Bertz CT molecular complexity index is 1570. The van der Waals surface area contributed by atoms with Gasteiger partial charge in [0.25, 0.3) is 5.91 Å². The second-order valence-electron chi connectivity index (χ2n) is 13.7. The maximum Gasteiger partial charge on any atom is 0.313 e. The van der Waals surface area contributed by atoms with Gasteiger partial charge in [-0.05, 0) is 61.9 Å². The zero-order valence-corrected chi connectivity index (χ0v) is 30.5. The number of allylic oxidation sites excluding steroid dienone is 1. The van der Waals surface area contributed by atoms with Crippen molar-refractivity contribution in [3.63, 3.8) is 0 Å². The van der Waals surface area contributed by atoms with E-state index in [4.69, 9.17) is 25.8 Å². The molecule has 280 valence electrons. The number of nitrogens with one attached hydrogen (secondary N) is 1. The second-order valence-corrected chi connectivity index (χ2v) is 14.1. The molecule has 2 N–H and O–H groups in total. The highest BCUT2D eigenvalue weighted by Gasteiger charge is 2.75. The van der Waals surface area contributed by atoms with Crippen LogP contribution < -0.4 is 10.2 Å². The first-order valence-corrected chi connectivity index (χ1v) is 18.5. The summed E-state index contributed by atoms with van der Waals surface area (Å²) in [4.78, 5) is 59.9. The fourth-order valence-electron chi connectivity index (χ4n) is 8.03. The number of aliphatic hydroxyl groups excluding tert-OH is 1. The highest BCUT2D eigenvalue weighted by molar-refractivity contribution is 6.30. The molecule has 52 heavy (non-hydrogen) atoms. The van der Waals surface area contributed by atoms with Gasteiger partial charge in [0.2, 0.25) is 11.8 Å². The predicted molar refractivity (Wildman–Crippen MR) is 197 cm³/mol. The van der Waals surface area contributed by atoms with Crippen LogP contribution in [0.25, 0.3) is 0 Å². The number of aliphatic hydroxyl groups is 1. The van der Waals surface area contributed by atoms with Gasteiger partial charge in [0, 0.05) is 43.9 Å². The molecule has 0 aliphatic carbocycles. The number of unbranched alkanes of at least 4 members (excludes halogenated alkanes) is 3. The number of anilines is 1. The molecule has 5 rings (SSSR count). The molecule has 2 bridgehead atoms. The maximum absolute atomic E-state index is 14.8. The van der Waals surface area contributed by atoms with Crippen LogP contribution in [0.1, 0.15) is 63.0 Å². The summed E-state index contributed by atoms with van der Waals surface area (Å²) >= 11 is 6.17. The Hall–Kier alpha value is -4.03. The van der Waals surface area contributed by atoms with Crippen molar-refractivity contribution in [3.8, 4) is 0 Å². The standard InChI is InChI=1S/C40H50ClN3O8/c1-4-6-16-32(46)42-30(26-50-3)35(27-14-10-9-11-15-27)51-39(49)33-31-21-22-40(52-31)34(33)37(47)44(24-12-7-8-13-25-45)36(40)38(48)43(23-5-2)29-19-17-28(41)18-20-29/h4-5,9-11,14-15,17-20,30-31,33-36,45H,1-2,6-8,12-13,16,21-26H2,3H3,(H,42,46)/t30-,31+,33-,34-,35-,36+,40-/m1/s1. The van der Waals surface area contributed by atoms with E-state index in [0.717, 1.165) is 12.8 Å². The largest absolute Gasteiger partial charge is 0.455 e. The van der Waals surface area contributed by atoms with Crippen LogP contribution in [-0.4, -0.2) is 90.9 Å². The zero-order valence-electron chi connectivity index (χ0n) is 29.8. The molecule has 0 radical (unpaired) electrons. The average molecular weight is 736 g/mol. The number of carbonyl (C=O) groups excluding carboxylic acids is 4. The van der Waals surface area contributed by atoms with Gasteiger partial charge in [-0.1, -0.05) is 66.9 Å². The van der Waals surface area contributed by atoms with E-state index in [1.165, 1.54) is 7.11 Å². The van der Waals surface area contributed by atoms with E-state index in [1.54, 1.807) is 46.2 Å². The molecular weight excluding hydrogens is 686 g/mol. The predicted octanol–water partition coefficient (Wildman–Crippen LogP) is 5.17. The van der Waals surface area contributed by atoms with Crippen molar-refractivity contribution in [2.24, 2.45) is 11.8 Å². The van der Waals surface area contributed by atoms with Crippen molar-refractivity contribution < 1.29 is 38.5 Å². The molecule has 3 heterocycles. The lowest BCUT2D eigenvalue weighted by Crippen LogP contribution is -2.56. The number of likely N-dealkylation sites (tertiary alicyclic amines) is 1. The van der Waals surface area contributed by atoms with Crippen LogP contribution in [0.5, 0.6) is 0 Å². The number of benzene rings is 2. The minimum absolute atomic E-state index is 0.0635. The third kappa shape index (κ3) is 8.28. The number of methoxy groups -OCH3 is 1. The van der Waals surface area contributed by atoms with Gasteiger partial charge in [0.15, 0.2) is 0 Å². The molecule has 3 saturated heterocycles. The van der Waals surface area contributed by atoms with Crippen LogP contribution in [0.4, 0.5) is 5.69 Å². The first-order valence-electron chi connectivity index (χ1n) is 18.1. The van der Waals surface area contributed by atoms with E-state index in [1.807, 2.05) is 30.3 Å². The van der Waals surface area contributed by atoms with Gasteiger partial charge in [0.05, 0.1) is 30.6 Å². The lowest BCUT2D eigenvalue weighted by Gasteiger charge is -2.37. The van der Waals surface area contributed by atoms with Crippen molar-refractivity contribution in [1.82, 2.24) is 10.2 Å². The quantitative estimate of drug-likeness (QED) is 0.108. The molecule has 7 atom stereocenters. The molecule has 0 saturated carbocycles. The third-order valence-electron chi connectivity index (χ3n) is 10.3. The van der Waals surface area contributed by atoms with Crippen molar-refractivity contribution >= 4 is 41.0 Å². The molecule has 3 aliphatic heterocycles. The number of fused-ring (bicyclic) bond motifs is 1. The Kier molecular flexibility index (Phi) is 13.7. The van der Waals surface area contributed by atoms with Crippen molar-refractivity contribution in [1.29, 1.82) is 0 Å². The normalized spacial score (nSPS) is 24.2. The van der Waals surface area contributed by atoms with E-state index < -0.39 is 47.7 Å². The SMILES string of the molecule is C=CCCC(=O)N[C@H](COC)[C@H](OC(=O)[C@@H]1[C@@H]2CC[C@]3(O2)[C@H](C(=O)N(CC=C)c2ccc(Cl)cc2)N(CCCCCCO)C(=O)[C@@H]13)c1ccccc1. The van der Waals surface area contributed by atoms with E-state index in [-0.39, 0.29) is 50.4 Å². The van der Waals surface area contributed by atoms with E-state index in [9.17, 15) is 24.3 Å². The molecule has 0 aromatic heterocycles. The Morgan fingerprint density at radius 2 is 1.83 bits per heavy atom. The van der Waals surface area contributed by atoms with Gasteiger partial charge in [0.1, 0.15) is 17.7 Å². The third-order valence-corrected chi connectivity index (χ3v) is 10.6. The number of hydrogen-bond acceptors (Lipinski definition) is 8. The van der Waals surface area contributed by atoms with E-state index in [0.29, 0.717) is 48.4 Å². The summed E-state index contributed by atoms with van der Waals surface area (Å²) in [7, 11) is 1.51. The van der Waals surface area contributed by atoms with Gasteiger partial charge in [-0.25, -0.2) is 0 Å². The molecule has 3 fully saturated rings. The molecule has 2 aromatic rings. The summed E-state index contributed by atoms with van der Waals surface area (Å²) in [6, 6.07) is 14.3. The molecule has 0 unspecified atom stereocenters. The molecule has 12 heteroatoms. The Morgan fingerprint density at radius 1 is 1.10 bits per heavy atom. The van der Waals surface area contributed by atoms with E-state index in [2.05, 4.69) is 18.5 Å². The molecule has 3 amide bonds. The van der Waals surface area contributed by atoms with Gasteiger partial charge < -0.3 is 34.4 Å². The lowest BCUT2D eigenvalue weighted by molar-refractivity contribution is -0.163. The summed E-state index contributed by atoms with van der Waals surface area (Å²) in [5.74, 6) is -3.43. The van der Waals surface area contributed by atoms with Crippen LogP contribution in [0.3, 0.4) is 0 Å². The highest BCUT2D eigenvalue weighted by atomic mass is 35.5. The molecule has 11 nitrogen and oxygen atoms in total. The lowest BCUT2D eigenvalue weighted by atomic mass is 9.70. The van der Waals surface area contributed by atoms with Crippen LogP contribution in [0, 0.1) is 11.8 Å².